The second kappa shape index (κ2) is 4.48. The zero-order chi connectivity index (χ0) is 10.3. The molecule has 0 bridgehead atoms. The van der Waals surface area contributed by atoms with E-state index in [0.29, 0.717) is 5.92 Å². The second-order valence-electron chi connectivity index (χ2n) is 4.51. The number of aromatic amines is 1. The lowest BCUT2D eigenvalue weighted by molar-refractivity contribution is 0.265. The zero-order valence-corrected chi connectivity index (χ0v) is 9.96. The van der Waals surface area contributed by atoms with Crippen molar-refractivity contribution in [3.63, 3.8) is 0 Å². The summed E-state index contributed by atoms with van der Waals surface area (Å²) < 4.78 is 0. The van der Waals surface area contributed by atoms with Crippen LogP contribution in [-0.4, -0.2) is 4.98 Å². The molecule has 2 aromatic rings. The van der Waals surface area contributed by atoms with Crippen LogP contribution in [0.2, 0.25) is 0 Å². The molecule has 3 heteroatoms. The average Bonchev–Trinajstić information content (AvgIpc) is 2.58. The molecule has 0 amide bonds. The summed E-state index contributed by atoms with van der Waals surface area (Å²) in [6, 6.07) is 8.60. The van der Waals surface area contributed by atoms with E-state index in [9.17, 15) is 0 Å². The van der Waals surface area contributed by atoms with Gasteiger partial charge in [-0.15, -0.1) is 12.4 Å². The maximum Gasteiger partial charge on any atom is 0.0457 e. The Hall–Kier alpha value is -0.990. The van der Waals surface area contributed by atoms with Gasteiger partial charge in [-0.05, 0) is 30.4 Å². The first kappa shape index (κ1) is 11.5. The summed E-state index contributed by atoms with van der Waals surface area (Å²) in [5, 5.41) is 1.29. The predicted octanol–water partition coefficient (Wildman–Crippen LogP) is 3.39. The van der Waals surface area contributed by atoms with Gasteiger partial charge >= 0.3 is 0 Å². The molecule has 3 N–H and O–H groups in total. The first-order valence-electron chi connectivity index (χ1n) is 5.68. The van der Waals surface area contributed by atoms with E-state index in [2.05, 4.69) is 35.4 Å². The molecule has 1 aliphatic rings. The molecule has 1 aliphatic carbocycles. The maximum atomic E-state index is 6.29. The number of hydrogen-bond donors (Lipinski definition) is 2. The molecule has 0 spiro atoms. The van der Waals surface area contributed by atoms with Crippen molar-refractivity contribution < 1.29 is 0 Å². The molecule has 0 aliphatic heterocycles. The molecule has 0 radical (unpaired) electrons. The van der Waals surface area contributed by atoms with Gasteiger partial charge in [0, 0.05) is 23.1 Å². The van der Waals surface area contributed by atoms with E-state index in [-0.39, 0.29) is 18.4 Å². The largest absolute Gasteiger partial charge is 0.361 e. The Labute approximate surface area is 102 Å². The highest BCUT2D eigenvalue weighted by atomic mass is 35.5. The van der Waals surface area contributed by atoms with Gasteiger partial charge < -0.3 is 10.7 Å². The number of halogens is 1. The van der Waals surface area contributed by atoms with Crippen LogP contribution >= 0.6 is 12.4 Å². The number of H-pyrrole nitrogens is 1. The Morgan fingerprint density at radius 3 is 2.69 bits per heavy atom. The number of hydrogen-bond acceptors (Lipinski definition) is 1. The smallest absolute Gasteiger partial charge is 0.0457 e. The third kappa shape index (κ3) is 1.72. The van der Waals surface area contributed by atoms with Crippen LogP contribution in [0.4, 0.5) is 0 Å². The van der Waals surface area contributed by atoms with Gasteiger partial charge in [0.15, 0.2) is 0 Å². The molecule has 16 heavy (non-hydrogen) atoms. The minimum absolute atomic E-state index is 0. The molecule has 1 atom stereocenters. The van der Waals surface area contributed by atoms with Crippen molar-refractivity contribution in [2.75, 3.05) is 0 Å². The van der Waals surface area contributed by atoms with E-state index in [1.165, 1.54) is 35.7 Å². The van der Waals surface area contributed by atoms with E-state index in [0.717, 1.165) is 0 Å². The van der Waals surface area contributed by atoms with Gasteiger partial charge in [-0.3, -0.25) is 0 Å². The fourth-order valence-corrected chi connectivity index (χ4v) is 2.42. The van der Waals surface area contributed by atoms with Crippen molar-refractivity contribution in [3.8, 4) is 0 Å². The Balaban J connectivity index is 0.000000963. The van der Waals surface area contributed by atoms with Gasteiger partial charge in [-0.1, -0.05) is 24.6 Å². The quantitative estimate of drug-likeness (QED) is 0.825. The number of fused-ring (bicyclic) bond motifs is 1. The van der Waals surface area contributed by atoms with Gasteiger partial charge in [-0.2, -0.15) is 0 Å². The Bertz CT molecular complexity index is 473. The van der Waals surface area contributed by atoms with Crippen LogP contribution < -0.4 is 5.73 Å². The number of aromatic nitrogens is 1. The fraction of sp³-hybridized carbons (Fsp3) is 0.385. The number of nitrogens with one attached hydrogen (secondary N) is 1. The van der Waals surface area contributed by atoms with Gasteiger partial charge in [0.05, 0.1) is 0 Å². The van der Waals surface area contributed by atoms with Gasteiger partial charge in [-0.25, -0.2) is 0 Å². The molecule has 1 aromatic heterocycles. The summed E-state index contributed by atoms with van der Waals surface area (Å²) >= 11 is 0. The third-order valence-corrected chi connectivity index (χ3v) is 3.64. The SMILES string of the molecule is Cl.N[C@H](c1c[nH]c2ccccc12)C1CCC1. The zero-order valence-electron chi connectivity index (χ0n) is 9.15. The van der Waals surface area contributed by atoms with E-state index in [1.807, 2.05) is 0 Å². The molecule has 1 heterocycles. The monoisotopic (exact) mass is 236 g/mol. The molecule has 1 fully saturated rings. The van der Waals surface area contributed by atoms with E-state index in [4.69, 9.17) is 5.73 Å². The topological polar surface area (TPSA) is 41.8 Å². The highest BCUT2D eigenvalue weighted by molar-refractivity contribution is 5.85. The summed E-state index contributed by atoms with van der Waals surface area (Å²) in [5.74, 6) is 0.698. The first-order valence-corrected chi connectivity index (χ1v) is 5.68. The van der Waals surface area contributed by atoms with Crippen molar-refractivity contribution >= 4 is 23.3 Å². The van der Waals surface area contributed by atoms with Crippen LogP contribution in [0.3, 0.4) is 0 Å². The van der Waals surface area contributed by atoms with Gasteiger partial charge in [0.25, 0.3) is 0 Å². The van der Waals surface area contributed by atoms with Crippen LogP contribution in [0, 0.1) is 5.92 Å². The van der Waals surface area contributed by atoms with Crippen LogP contribution in [0.1, 0.15) is 30.9 Å². The van der Waals surface area contributed by atoms with Crippen LogP contribution in [0.25, 0.3) is 10.9 Å². The number of para-hydroxylation sites is 1. The molecule has 0 saturated heterocycles. The average molecular weight is 237 g/mol. The molecule has 3 rings (SSSR count). The lowest BCUT2D eigenvalue weighted by Crippen LogP contribution is -2.26. The van der Waals surface area contributed by atoms with Crippen molar-refractivity contribution in [3.05, 3.63) is 36.0 Å². The summed E-state index contributed by atoms with van der Waals surface area (Å²) in [5.41, 5.74) is 8.77. The molecule has 2 nitrogen and oxygen atoms in total. The Kier molecular flexibility index (Phi) is 3.22. The lowest BCUT2D eigenvalue weighted by atomic mass is 9.77. The number of rotatable bonds is 2. The van der Waals surface area contributed by atoms with Crippen molar-refractivity contribution in [1.82, 2.24) is 4.98 Å². The van der Waals surface area contributed by atoms with Crippen molar-refractivity contribution in [2.24, 2.45) is 11.7 Å². The molecule has 86 valence electrons. The van der Waals surface area contributed by atoms with E-state index in [1.54, 1.807) is 0 Å². The van der Waals surface area contributed by atoms with Gasteiger partial charge in [0.2, 0.25) is 0 Å². The minimum atomic E-state index is 0. The summed E-state index contributed by atoms with van der Waals surface area (Å²) in [6.07, 6.45) is 6.01. The normalized spacial score (nSPS) is 17.8. The standard InChI is InChI=1S/C13H16N2.ClH/c14-13(9-4-3-5-9)11-8-15-12-7-2-1-6-10(11)12;/h1-2,6-9,13,15H,3-5,14H2;1H/t13-;/m0./s1. The van der Waals surface area contributed by atoms with Gasteiger partial charge in [0.1, 0.15) is 0 Å². The maximum absolute atomic E-state index is 6.29. The van der Waals surface area contributed by atoms with Crippen LogP contribution in [-0.2, 0) is 0 Å². The molecule has 1 aromatic carbocycles. The predicted molar refractivity (Wildman–Crippen MR) is 69.8 cm³/mol. The number of benzene rings is 1. The van der Waals surface area contributed by atoms with Crippen LogP contribution in [0.15, 0.2) is 30.5 Å². The molecule has 1 saturated carbocycles. The number of nitrogens with two attached hydrogens (primary N) is 1. The third-order valence-electron chi connectivity index (χ3n) is 3.64. The fourth-order valence-electron chi connectivity index (χ4n) is 2.42. The highest BCUT2D eigenvalue weighted by Gasteiger charge is 2.26. The van der Waals surface area contributed by atoms with Crippen molar-refractivity contribution in [2.45, 2.75) is 25.3 Å². The minimum Gasteiger partial charge on any atom is -0.361 e. The lowest BCUT2D eigenvalue weighted by Gasteiger charge is -2.31. The summed E-state index contributed by atoms with van der Waals surface area (Å²) in [4.78, 5) is 3.29. The van der Waals surface area contributed by atoms with E-state index < -0.39 is 0 Å². The summed E-state index contributed by atoms with van der Waals surface area (Å²) in [7, 11) is 0. The molecular formula is C13H17ClN2. The first-order chi connectivity index (χ1) is 7.36. The van der Waals surface area contributed by atoms with Crippen molar-refractivity contribution in [1.29, 1.82) is 0 Å². The molecule has 0 unspecified atom stereocenters. The Morgan fingerprint density at radius 2 is 2.00 bits per heavy atom. The highest BCUT2D eigenvalue weighted by Crippen LogP contribution is 2.38. The Morgan fingerprint density at radius 1 is 1.25 bits per heavy atom. The second-order valence-corrected chi connectivity index (χ2v) is 4.51. The van der Waals surface area contributed by atoms with Crippen LogP contribution in [0.5, 0.6) is 0 Å². The molecular weight excluding hydrogens is 220 g/mol. The summed E-state index contributed by atoms with van der Waals surface area (Å²) in [6.45, 7) is 0. The van der Waals surface area contributed by atoms with E-state index >= 15 is 0 Å².